The van der Waals surface area contributed by atoms with Crippen LogP contribution in [0.2, 0.25) is 5.02 Å². The van der Waals surface area contributed by atoms with Crippen LogP contribution in [0.15, 0.2) is 60.9 Å². The topological polar surface area (TPSA) is 97.3 Å². The van der Waals surface area contributed by atoms with Crippen LogP contribution in [0, 0.1) is 0 Å². The highest BCUT2D eigenvalue weighted by molar-refractivity contribution is 6.33. The van der Waals surface area contributed by atoms with Gasteiger partial charge < -0.3 is 25.3 Å². The summed E-state index contributed by atoms with van der Waals surface area (Å²) in [5, 5.41) is 8.79. The SMILES string of the molecule is COc1ccccc1C(NC(=O)NCCNC(=O)c1ccccc1Cl)c1nccn1C. The highest BCUT2D eigenvalue weighted by Crippen LogP contribution is 2.28. The molecular formula is C22H24ClN5O3. The Kier molecular flexibility index (Phi) is 7.50. The lowest BCUT2D eigenvalue weighted by molar-refractivity contribution is 0.0954. The number of amides is 3. The number of hydrogen-bond donors (Lipinski definition) is 3. The fourth-order valence-corrected chi connectivity index (χ4v) is 3.34. The van der Waals surface area contributed by atoms with E-state index in [1.807, 2.05) is 42.1 Å². The molecule has 1 atom stereocenters. The van der Waals surface area contributed by atoms with Crippen LogP contribution in [0.25, 0.3) is 0 Å². The predicted octanol–water partition coefficient (Wildman–Crippen LogP) is 2.90. The molecule has 1 heterocycles. The van der Waals surface area contributed by atoms with Crippen molar-refractivity contribution in [3.63, 3.8) is 0 Å². The first-order valence-corrected chi connectivity index (χ1v) is 10.1. The summed E-state index contributed by atoms with van der Waals surface area (Å²) in [7, 11) is 3.44. The number of nitrogens with zero attached hydrogens (tertiary/aromatic N) is 2. The molecule has 3 amide bonds. The second kappa shape index (κ2) is 10.5. The number of rotatable bonds is 8. The number of halogens is 1. The van der Waals surface area contributed by atoms with Crippen molar-refractivity contribution in [3.8, 4) is 5.75 Å². The summed E-state index contributed by atoms with van der Waals surface area (Å²) in [6.45, 7) is 0.487. The Morgan fingerprint density at radius 3 is 2.52 bits per heavy atom. The van der Waals surface area contributed by atoms with Crippen LogP contribution < -0.4 is 20.7 Å². The summed E-state index contributed by atoms with van der Waals surface area (Å²) < 4.78 is 7.29. The van der Waals surface area contributed by atoms with Gasteiger partial charge in [0.15, 0.2) is 0 Å². The number of ether oxygens (including phenoxy) is 1. The highest BCUT2D eigenvalue weighted by Gasteiger charge is 2.23. The van der Waals surface area contributed by atoms with E-state index in [0.717, 1.165) is 5.56 Å². The van der Waals surface area contributed by atoms with E-state index in [2.05, 4.69) is 20.9 Å². The zero-order valence-electron chi connectivity index (χ0n) is 17.3. The number of carbonyl (C=O) groups excluding carboxylic acids is 2. The number of para-hydroxylation sites is 1. The number of benzene rings is 2. The number of urea groups is 1. The molecule has 2 aromatic carbocycles. The van der Waals surface area contributed by atoms with Gasteiger partial charge in [0.25, 0.3) is 5.91 Å². The zero-order valence-corrected chi connectivity index (χ0v) is 18.0. The monoisotopic (exact) mass is 441 g/mol. The third-order valence-electron chi connectivity index (χ3n) is 4.66. The van der Waals surface area contributed by atoms with Gasteiger partial charge in [0.1, 0.15) is 17.6 Å². The van der Waals surface area contributed by atoms with E-state index >= 15 is 0 Å². The third-order valence-corrected chi connectivity index (χ3v) is 4.99. The Morgan fingerprint density at radius 1 is 1.10 bits per heavy atom. The molecule has 3 rings (SSSR count). The maximum Gasteiger partial charge on any atom is 0.315 e. The first kappa shape index (κ1) is 22.2. The molecule has 0 spiro atoms. The first-order valence-electron chi connectivity index (χ1n) is 9.68. The van der Waals surface area contributed by atoms with Crippen molar-refractivity contribution in [1.82, 2.24) is 25.5 Å². The van der Waals surface area contributed by atoms with E-state index in [4.69, 9.17) is 16.3 Å². The molecular weight excluding hydrogens is 418 g/mol. The Labute approximate surface area is 185 Å². The van der Waals surface area contributed by atoms with Gasteiger partial charge in [0, 0.05) is 38.1 Å². The molecule has 3 N–H and O–H groups in total. The molecule has 0 fully saturated rings. The normalized spacial score (nSPS) is 11.5. The van der Waals surface area contributed by atoms with Crippen molar-refractivity contribution in [1.29, 1.82) is 0 Å². The fourth-order valence-electron chi connectivity index (χ4n) is 3.12. The molecule has 0 saturated carbocycles. The Morgan fingerprint density at radius 2 is 1.81 bits per heavy atom. The average Bonchev–Trinajstić information content (AvgIpc) is 3.20. The van der Waals surface area contributed by atoms with Crippen molar-refractivity contribution >= 4 is 23.5 Å². The van der Waals surface area contributed by atoms with Gasteiger partial charge in [-0.1, -0.05) is 41.9 Å². The van der Waals surface area contributed by atoms with E-state index in [-0.39, 0.29) is 19.0 Å². The van der Waals surface area contributed by atoms with Crippen molar-refractivity contribution in [2.45, 2.75) is 6.04 Å². The summed E-state index contributed by atoms with van der Waals surface area (Å²) in [4.78, 5) is 29.1. The minimum absolute atomic E-state index is 0.237. The number of methoxy groups -OCH3 is 1. The summed E-state index contributed by atoms with van der Waals surface area (Å²) >= 11 is 6.03. The van der Waals surface area contributed by atoms with Crippen LogP contribution in [0.3, 0.4) is 0 Å². The third kappa shape index (κ3) is 5.55. The number of hydrogen-bond acceptors (Lipinski definition) is 4. The standard InChI is InChI=1S/C22H24ClN5O3/c1-28-14-13-24-20(28)19(16-8-4-6-10-18(16)31-2)27-22(30)26-12-11-25-21(29)15-7-3-5-9-17(15)23/h3-10,13-14,19H,11-12H2,1-2H3,(H,25,29)(H2,26,27,30). The summed E-state index contributed by atoms with van der Waals surface area (Å²) in [6.07, 6.45) is 3.48. The van der Waals surface area contributed by atoms with Crippen molar-refractivity contribution in [3.05, 3.63) is 82.9 Å². The average molecular weight is 442 g/mol. The van der Waals surface area contributed by atoms with Gasteiger partial charge in [0.05, 0.1) is 17.7 Å². The van der Waals surface area contributed by atoms with Crippen LogP contribution in [-0.4, -0.2) is 41.7 Å². The molecule has 0 saturated heterocycles. The smallest absolute Gasteiger partial charge is 0.315 e. The maximum absolute atomic E-state index is 12.6. The van der Waals surface area contributed by atoms with Gasteiger partial charge >= 0.3 is 6.03 Å². The molecule has 31 heavy (non-hydrogen) atoms. The predicted molar refractivity (Wildman–Crippen MR) is 118 cm³/mol. The van der Waals surface area contributed by atoms with E-state index in [1.165, 1.54) is 0 Å². The molecule has 8 nitrogen and oxygen atoms in total. The Bertz CT molecular complexity index is 1050. The Balaban J connectivity index is 1.60. The van der Waals surface area contributed by atoms with E-state index in [9.17, 15) is 9.59 Å². The molecule has 1 aromatic heterocycles. The molecule has 0 bridgehead atoms. The number of aryl methyl sites for hydroxylation is 1. The lowest BCUT2D eigenvalue weighted by Gasteiger charge is -2.21. The molecule has 1 unspecified atom stereocenters. The maximum atomic E-state index is 12.6. The molecule has 162 valence electrons. The molecule has 0 aliphatic heterocycles. The quantitative estimate of drug-likeness (QED) is 0.468. The second-order valence-electron chi connectivity index (χ2n) is 6.71. The van der Waals surface area contributed by atoms with Gasteiger partial charge in [-0.05, 0) is 18.2 Å². The van der Waals surface area contributed by atoms with Crippen LogP contribution in [0.1, 0.15) is 27.8 Å². The highest BCUT2D eigenvalue weighted by atomic mass is 35.5. The van der Waals surface area contributed by atoms with Gasteiger partial charge in [-0.2, -0.15) is 0 Å². The van der Waals surface area contributed by atoms with E-state index < -0.39 is 12.1 Å². The van der Waals surface area contributed by atoms with Crippen LogP contribution >= 0.6 is 11.6 Å². The zero-order chi connectivity index (χ0) is 22.2. The second-order valence-corrected chi connectivity index (χ2v) is 7.11. The van der Waals surface area contributed by atoms with Crippen molar-refractivity contribution < 1.29 is 14.3 Å². The molecule has 0 aliphatic rings. The summed E-state index contributed by atoms with van der Waals surface area (Å²) in [6, 6.07) is 13.3. The summed E-state index contributed by atoms with van der Waals surface area (Å²) in [5.74, 6) is 1.00. The summed E-state index contributed by atoms with van der Waals surface area (Å²) in [5.41, 5.74) is 1.17. The van der Waals surface area contributed by atoms with Gasteiger partial charge in [-0.25, -0.2) is 9.78 Å². The largest absolute Gasteiger partial charge is 0.496 e. The van der Waals surface area contributed by atoms with Crippen molar-refractivity contribution in [2.75, 3.05) is 20.2 Å². The fraction of sp³-hybridized carbons (Fsp3) is 0.227. The minimum Gasteiger partial charge on any atom is -0.496 e. The van der Waals surface area contributed by atoms with E-state index in [1.54, 1.807) is 37.6 Å². The molecule has 0 aliphatic carbocycles. The van der Waals surface area contributed by atoms with E-state index in [0.29, 0.717) is 22.2 Å². The van der Waals surface area contributed by atoms with Crippen molar-refractivity contribution in [2.24, 2.45) is 7.05 Å². The number of nitrogens with one attached hydrogen (secondary N) is 3. The van der Waals surface area contributed by atoms with Crippen LogP contribution in [-0.2, 0) is 7.05 Å². The van der Waals surface area contributed by atoms with Crippen LogP contribution in [0.4, 0.5) is 4.79 Å². The number of carbonyl (C=O) groups is 2. The van der Waals surface area contributed by atoms with Crippen LogP contribution in [0.5, 0.6) is 5.75 Å². The number of aromatic nitrogens is 2. The molecule has 9 heteroatoms. The van der Waals surface area contributed by atoms with Gasteiger partial charge in [0.2, 0.25) is 0 Å². The number of imidazole rings is 1. The first-order chi connectivity index (χ1) is 15.0. The molecule has 3 aromatic rings. The Hall–Kier alpha value is -3.52. The van der Waals surface area contributed by atoms with Gasteiger partial charge in [-0.3, -0.25) is 4.79 Å². The molecule has 0 radical (unpaired) electrons. The van der Waals surface area contributed by atoms with Gasteiger partial charge in [-0.15, -0.1) is 0 Å². The minimum atomic E-state index is -0.520. The lowest BCUT2D eigenvalue weighted by Crippen LogP contribution is -2.42. The lowest BCUT2D eigenvalue weighted by atomic mass is 10.0.